The zero-order chi connectivity index (χ0) is 21.4. The minimum absolute atomic E-state index is 0.127. The van der Waals surface area contributed by atoms with Crippen molar-refractivity contribution >= 4 is 11.4 Å². The van der Waals surface area contributed by atoms with E-state index in [1.54, 1.807) is 5.57 Å². The van der Waals surface area contributed by atoms with E-state index in [1.165, 1.54) is 31.4 Å². The lowest BCUT2D eigenvalue weighted by Gasteiger charge is -2.57. The molecular weight excluding hydrogens is 382 g/mol. The maximum atomic E-state index is 10.2. The van der Waals surface area contributed by atoms with Crippen molar-refractivity contribution in [3.63, 3.8) is 0 Å². The Morgan fingerprint density at radius 2 is 1.87 bits per heavy atom. The van der Waals surface area contributed by atoms with Gasteiger partial charge in [0.05, 0.1) is 23.4 Å². The first-order chi connectivity index (χ1) is 14.9. The minimum atomic E-state index is -0.127. The fourth-order valence-electron chi connectivity index (χ4n) is 8.21. The molecule has 4 heteroatoms. The number of anilines is 1. The fourth-order valence-corrected chi connectivity index (χ4v) is 8.21. The molecular formula is C27H33N3O. The zero-order valence-corrected chi connectivity index (χ0v) is 18.7. The van der Waals surface area contributed by atoms with Crippen molar-refractivity contribution in [2.24, 2.45) is 39.6 Å². The standard InChI is InChI=1S/C27H33N3O/c1-26-11-9-21(31)14-19(26)5-8-22-23(26)10-12-27(2)24(22)13-18-16-30(29-25(18)27)20-6-3-17(15-28)4-7-20/h3-7,18,21-24,31H,8-14,16H2,1-2H3/t18-,21-,22+,23-,24-,26-,27-/m0/s1. The van der Waals surface area contributed by atoms with Crippen molar-refractivity contribution in [2.75, 3.05) is 11.6 Å². The molecule has 4 aliphatic carbocycles. The highest BCUT2D eigenvalue weighted by Gasteiger charge is 2.61. The third-order valence-corrected chi connectivity index (χ3v) is 9.89. The molecule has 3 saturated carbocycles. The third-order valence-electron chi connectivity index (χ3n) is 9.89. The van der Waals surface area contributed by atoms with Crippen LogP contribution in [-0.2, 0) is 0 Å². The summed E-state index contributed by atoms with van der Waals surface area (Å²) in [5.41, 5.74) is 5.33. The predicted octanol–water partition coefficient (Wildman–Crippen LogP) is 5.28. The topological polar surface area (TPSA) is 59.6 Å². The Morgan fingerprint density at radius 3 is 2.65 bits per heavy atom. The molecule has 0 saturated heterocycles. The second-order valence-electron chi connectivity index (χ2n) is 11.3. The number of rotatable bonds is 1. The van der Waals surface area contributed by atoms with Crippen molar-refractivity contribution in [2.45, 2.75) is 64.9 Å². The molecule has 162 valence electrons. The van der Waals surface area contributed by atoms with Gasteiger partial charge in [-0.1, -0.05) is 25.5 Å². The van der Waals surface area contributed by atoms with Crippen molar-refractivity contribution in [1.82, 2.24) is 0 Å². The number of fused-ring (bicyclic) bond motifs is 7. The normalized spacial score (nSPS) is 43.2. The van der Waals surface area contributed by atoms with E-state index >= 15 is 0 Å². The van der Waals surface area contributed by atoms with Crippen molar-refractivity contribution < 1.29 is 5.11 Å². The molecule has 7 atom stereocenters. The van der Waals surface area contributed by atoms with E-state index in [0.29, 0.717) is 16.9 Å². The summed E-state index contributed by atoms with van der Waals surface area (Å²) in [6.45, 7) is 5.99. The molecule has 1 aromatic carbocycles. The van der Waals surface area contributed by atoms with Gasteiger partial charge in [-0.15, -0.1) is 0 Å². The molecule has 0 spiro atoms. The lowest BCUT2D eigenvalue weighted by Crippen LogP contribution is -2.50. The molecule has 5 aliphatic rings. The third kappa shape index (κ3) is 2.72. The molecule has 31 heavy (non-hydrogen) atoms. The summed E-state index contributed by atoms with van der Waals surface area (Å²) in [5.74, 6) is 2.84. The Balaban J connectivity index is 1.29. The van der Waals surface area contributed by atoms with E-state index in [9.17, 15) is 5.11 Å². The van der Waals surface area contributed by atoms with E-state index in [2.05, 4.69) is 31.0 Å². The van der Waals surface area contributed by atoms with E-state index in [0.717, 1.165) is 49.2 Å². The van der Waals surface area contributed by atoms with Gasteiger partial charge in [-0.05, 0) is 92.4 Å². The van der Waals surface area contributed by atoms with Crippen LogP contribution in [0.1, 0.15) is 64.4 Å². The lowest BCUT2D eigenvalue weighted by atomic mass is 9.48. The van der Waals surface area contributed by atoms with Crippen molar-refractivity contribution in [1.29, 1.82) is 5.26 Å². The molecule has 6 rings (SSSR count). The lowest BCUT2D eigenvalue weighted by molar-refractivity contribution is -0.0220. The number of hydrogen-bond donors (Lipinski definition) is 1. The number of benzene rings is 1. The first-order valence-corrected chi connectivity index (χ1v) is 12.2. The molecule has 4 nitrogen and oxygen atoms in total. The summed E-state index contributed by atoms with van der Waals surface area (Å²) in [6, 6.07) is 10.1. The number of aliphatic hydroxyl groups is 1. The molecule has 0 radical (unpaired) electrons. The Hall–Kier alpha value is -2.12. The molecule has 0 amide bonds. The van der Waals surface area contributed by atoms with Crippen LogP contribution >= 0.6 is 0 Å². The number of nitriles is 1. The van der Waals surface area contributed by atoms with Crippen LogP contribution in [0.2, 0.25) is 0 Å². The number of hydrazone groups is 1. The van der Waals surface area contributed by atoms with Crippen molar-refractivity contribution in [3.8, 4) is 6.07 Å². The highest BCUT2D eigenvalue weighted by Crippen LogP contribution is 2.65. The molecule has 0 bridgehead atoms. The maximum absolute atomic E-state index is 10.2. The Kier molecular flexibility index (Phi) is 4.22. The Bertz CT molecular complexity index is 1000. The summed E-state index contributed by atoms with van der Waals surface area (Å²) < 4.78 is 0. The monoisotopic (exact) mass is 415 g/mol. The van der Waals surface area contributed by atoms with Crippen LogP contribution in [-0.4, -0.2) is 23.5 Å². The van der Waals surface area contributed by atoms with Crippen LogP contribution in [0.4, 0.5) is 5.69 Å². The van der Waals surface area contributed by atoms with E-state index in [1.807, 2.05) is 24.3 Å². The molecule has 3 fully saturated rings. The highest BCUT2D eigenvalue weighted by atomic mass is 16.3. The van der Waals surface area contributed by atoms with Gasteiger partial charge in [-0.3, -0.25) is 5.01 Å². The van der Waals surface area contributed by atoms with Crippen LogP contribution < -0.4 is 5.01 Å². The van der Waals surface area contributed by atoms with Gasteiger partial charge in [0, 0.05) is 23.6 Å². The fraction of sp³-hybridized carbons (Fsp3) is 0.630. The number of allylic oxidation sites excluding steroid dienone is 1. The first kappa shape index (κ1) is 19.6. The van der Waals surface area contributed by atoms with Gasteiger partial charge < -0.3 is 5.11 Å². The average Bonchev–Trinajstić information content (AvgIpc) is 3.32. The Morgan fingerprint density at radius 1 is 1.10 bits per heavy atom. The van der Waals surface area contributed by atoms with Crippen LogP contribution in [0.5, 0.6) is 0 Å². The summed E-state index contributed by atoms with van der Waals surface area (Å²) in [7, 11) is 0. The summed E-state index contributed by atoms with van der Waals surface area (Å²) in [4.78, 5) is 0. The van der Waals surface area contributed by atoms with Gasteiger partial charge in [0.2, 0.25) is 0 Å². The van der Waals surface area contributed by atoms with Gasteiger partial charge in [0.15, 0.2) is 0 Å². The van der Waals surface area contributed by atoms with Crippen molar-refractivity contribution in [3.05, 3.63) is 41.5 Å². The molecule has 1 N–H and O–H groups in total. The Labute approximate surface area is 185 Å². The molecule has 1 heterocycles. The second-order valence-corrected chi connectivity index (χ2v) is 11.3. The number of hydrogen-bond acceptors (Lipinski definition) is 4. The van der Waals surface area contributed by atoms with E-state index in [-0.39, 0.29) is 11.5 Å². The number of aliphatic hydroxyl groups excluding tert-OH is 1. The van der Waals surface area contributed by atoms with Gasteiger partial charge in [0.1, 0.15) is 0 Å². The number of nitrogens with zero attached hydrogens (tertiary/aromatic N) is 3. The minimum Gasteiger partial charge on any atom is -0.393 e. The van der Waals surface area contributed by atoms with Crippen LogP contribution in [0.15, 0.2) is 41.0 Å². The predicted molar refractivity (Wildman–Crippen MR) is 123 cm³/mol. The summed E-state index contributed by atoms with van der Waals surface area (Å²) in [5, 5.41) is 26.7. The smallest absolute Gasteiger partial charge is 0.0991 e. The maximum Gasteiger partial charge on any atom is 0.0991 e. The van der Waals surface area contributed by atoms with Crippen LogP contribution in [0, 0.1) is 45.8 Å². The van der Waals surface area contributed by atoms with Gasteiger partial charge in [-0.2, -0.15) is 10.4 Å². The molecule has 1 aliphatic heterocycles. The largest absolute Gasteiger partial charge is 0.393 e. The van der Waals surface area contributed by atoms with Crippen LogP contribution in [0.3, 0.4) is 0 Å². The molecule has 0 unspecified atom stereocenters. The van der Waals surface area contributed by atoms with E-state index in [4.69, 9.17) is 10.4 Å². The second kappa shape index (κ2) is 6.69. The first-order valence-electron chi connectivity index (χ1n) is 12.2. The summed E-state index contributed by atoms with van der Waals surface area (Å²) in [6.07, 6.45) is 10.4. The summed E-state index contributed by atoms with van der Waals surface area (Å²) >= 11 is 0. The van der Waals surface area contributed by atoms with Gasteiger partial charge in [-0.25, -0.2) is 0 Å². The quantitative estimate of drug-likeness (QED) is 0.635. The van der Waals surface area contributed by atoms with E-state index < -0.39 is 0 Å². The highest BCUT2D eigenvalue weighted by molar-refractivity contribution is 5.97. The van der Waals surface area contributed by atoms with Crippen LogP contribution in [0.25, 0.3) is 0 Å². The average molecular weight is 416 g/mol. The molecule has 1 aromatic rings. The SMILES string of the molecule is C[C@]12CC[C@H](O)CC1=CC[C@@H]1[C@@H]2CC[C@]2(C)C3=NN(c4ccc(C#N)cc4)C[C@@H]3C[C@@H]12. The van der Waals surface area contributed by atoms with Gasteiger partial charge in [0.25, 0.3) is 0 Å². The molecule has 0 aromatic heterocycles. The van der Waals surface area contributed by atoms with Gasteiger partial charge >= 0.3 is 0 Å². The zero-order valence-electron chi connectivity index (χ0n) is 18.7.